The van der Waals surface area contributed by atoms with Gasteiger partial charge in [-0.1, -0.05) is 6.07 Å². The monoisotopic (exact) mass is 371 g/mol. The predicted molar refractivity (Wildman–Crippen MR) is 96.8 cm³/mol. The molecule has 0 unspecified atom stereocenters. The van der Waals surface area contributed by atoms with Gasteiger partial charge in [0.25, 0.3) is 17.5 Å². The van der Waals surface area contributed by atoms with Gasteiger partial charge in [0.15, 0.2) is 0 Å². The van der Waals surface area contributed by atoms with Crippen molar-refractivity contribution in [3.63, 3.8) is 0 Å². The summed E-state index contributed by atoms with van der Waals surface area (Å²) in [7, 11) is 0. The van der Waals surface area contributed by atoms with Gasteiger partial charge >= 0.3 is 5.97 Å². The Kier molecular flexibility index (Phi) is 6.21. The topological polar surface area (TPSA) is 139 Å². The van der Waals surface area contributed by atoms with Crippen molar-refractivity contribution in [2.45, 2.75) is 13.3 Å². The molecule has 0 spiro atoms. The molecule has 0 aliphatic carbocycles. The molecule has 0 heterocycles. The first kappa shape index (κ1) is 19.6. The highest BCUT2D eigenvalue weighted by molar-refractivity contribution is 6.06. The summed E-state index contributed by atoms with van der Waals surface area (Å²) >= 11 is 0. The van der Waals surface area contributed by atoms with Crippen LogP contribution in [0.2, 0.25) is 0 Å². The van der Waals surface area contributed by atoms with Gasteiger partial charge in [0.05, 0.1) is 11.3 Å². The van der Waals surface area contributed by atoms with Crippen molar-refractivity contribution in [2.75, 3.05) is 11.9 Å². The zero-order chi connectivity index (χ0) is 20.0. The van der Waals surface area contributed by atoms with Crippen LogP contribution >= 0.6 is 0 Å². The lowest BCUT2D eigenvalue weighted by Gasteiger charge is -2.09. The molecule has 2 amide bonds. The summed E-state index contributed by atoms with van der Waals surface area (Å²) in [6.07, 6.45) is -0.178. The van der Waals surface area contributed by atoms with E-state index in [-0.39, 0.29) is 29.8 Å². The Morgan fingerprint density at radius 2 is 1.74 bits per heavy atom. The van der Waals surface area contributed by atoms with Crippen molar-refractivity contribution in [1.29, 1.82) is 0 Å². The molecule has 0 saturated carbocycles. The largest absolute Gasteiger partial charge is 0.481 e. The van der Waals surface area contributed by atoms with Gasteiger partial charge in [-0.2, -0.15) is 0 Å². The quantitative estimate of drug-likeness (QED) is 0.504. The van der Waals surface area contributed by atoms with Crippen LogP contribution in [0, 0.1) is 17.0 Å². The number of aliphatic carboxylic acids is 1. The molecular weight excluding hydrogens is 354 g/mol. The number of nitrogens with zero attached hydrogens (tertiary/aromatic N) is 1. The highest BCUT2D eigenvalue weighted by atomic mass is 16.6. The number of rotatable bonds is 7. The van der Waals surface area contributed by atoms with Crippen LogP contribution < -0.4 is 10.6 Å². The van der Waals surface area contributed by atoms with E-state index in [0.717, 1.165) is 0 Å². The van der Waals surface area contributed by atoms with E-state index < -0.39 is 22.7 Å². The summed E-state index contributed by atoms with van der Waals surface area (Å²) in [5.74, 6) is -1.94. The molecule has 0 aliphatic heterocycles. The minimum absolute atomic E-state index is 0.0126. The number of benzene rings is 2. The summed E-state index contributed by atoms with van der Waals surface area (Å²) in [5, 5.41) is 24.6. The van der Waals surface area contributed by atoms with Gasteiger partial charge in [-0.25, -0.2) is 0 Å². The second-order valence-electron chi connectivity index (χ2n) is 5.64. The summed E-state index contributed by atoms with van der Waals surface area (Å²) in [5.41, 5.74) is 1.02. The van der Waals surface area contributed by atoms with Crippen molar-refractivity contribution >= 4 is 29.2 Å². The molecule has 0 saturated heterocycles. The number of anilines is 1. The Balaban J connectivity index is 2.05. The zero-order valence-electron chi connectivity index (χ0n) is 14.4. The predicted octanol–water partition coefficient (Wildman–Crippen LogP) is 2.36. The van der Waals surface area contributed by atoms with E-state index in [0.29, 0.717) is 11.3 Å². The highest BCUT2D eigenvalue weighted by Crippen LogP contribution is 2.22. The summed E-state index contributed by atoms with van der Waals surface area (Å²) in [4.78, 5) is 45.1. The Morgan fingerprint density at radius 3 is 2.33 bits per heavy atom. The number of nitro groups is 1. The van der Waals surface area contributed by atoms with Crippen LogP contribution in [0.15, 0.2) is 42.5 Å². The summed E-state index contributed by atoms with van der Waals surface area (Å²) in [6.45, 7) is 1.51. The minimum atomic E-state index is -1.01. The molecule has 9 nitrogen and oxygen atoms in total. The molecule has 140 valence electrons. The van der Waals surface area contributed by atoms with Crippen LogP contribution in [-0.2, 0) is 4.79 Å². The van der Waals surface area contributed by atoms with Crippen molar-refractivity contribution < 1.29 is 24.4 Å². The molecule has 9 heteroatoms. The third kappa shape index (κ3) is 5.11. The number of amides is 2. The molecule has 0 fully saturated rings. The molecule has 2 aromatic rings. The molecule has 2 aromatic carbocycles. The third-order valence-electron chi connectivity index (χ3n) is 3.78. The summed E-state index contributed by atoms with van der Waals surface area (Å²) in [6, 6.07) is 10.2. The Labute approximate surface area is 154 Å². The molecular formula is C18H17N3O6. The first-order chi connectivity index (χ1) is 12.8. The number of carbonyl (C=O) groups excluding carboxylic acids is 2. The van der Waals surface area contributed by atoms with Gasteiger partial charge in [0.1, 0.15) is 0 Å². The molecule has 0 bridgehead atoms. The van der Waals surface area contributed by atoms with Crippen molar-refractivity contribution in [3.8, 4) is 0 Å². The van der Waals surface area contributed by atoms with Gasteiger partial charge < -0.3 is 15.7 Å². The fourth-order valence-electron chi connectivity index (χ4n) is 2.36. The van der Waals surface area contributed by atoms with Crippen LogP contribution in [0.4, 0.5) is 11.4 Å². The van der Waals surface area contributed by atoms with Gasteiger partial charge in [-0.3, -0.25) is 24.5 Å². The Morgan fingerprint density at radius 1 is 1.07 bits per heavy atom. The first-order valence-electron chi connectivity index (χ1n) is 7.95. The van der Waals surface area contributed by atoms with Gasteiger partial charge in [-0.05, 0) is 37.3 Å². The van der Waals surface area contributed by atoms with E-state index in [1.54, 1.807) is 0 Å². The maximum Gasteiger partial charge on any atom is 0.305 e. The molecule has 0 aliphatic rings. The lowest BCUT2D eigenvalue weighted by molar-refractivity contribution is -0.385. The summed E-state index contributed by atoms with van der Waals surface area (Å²) < 4.78 is 0. The maximum atomic E-state index is 12.4. The van der Waals surface area contributed by atoms with E-state index in [1.807, 2.05) is 0 Å². The third-order valence-corrected chi connectivity index (χ3v) is 3.78. The van der Waals surface area contributed by atoms with E-state index in [2.05, 4.69) is 10.6 Å². The highest BCUT2D eigenvalue weighted by Gasteiger charge is 2.18. The Hall–Kier alpha value is -3.75. The van der Waals surface area contributed by atoms with E-state index in [9.17, 15) is 24.5 Å². The molecule has 0 radical (unpaired) electrons. The standard InChI is InChI=1S/C18H17N3O6/c1-11-14(3-2-4-15(11)21(26)27)18(25)20-13-7-5-12(6-8-13)17(24)19-10-9-16(22)23/h2-8H,9-10H2,1H3,(H,19,24)(H,20,25)(H,22,23). The van der Waals surface area contributed by atoms with Crippen molar-refractivity contribution in [2.24, 2.45) is 0 Å². The number of hydrogen-bond donors (Lipinski definition) is 3. The number of nitrogens with one attached hydrogen (secondary N) is 2. The molecule has 0 atom stereocenters. The first-order valence-corrected chi connectivity index (χ1v) is 7.95. The van der Waals surface area contributed by atoms with Gasteiger partial charge in [0, 0.05) is 35.0 Å². The van der Waals surface area contributed by atoms with Crippen molar-refractivity contribution in [1.82, 2.24) is 5.32 Å². The molecule has 0 aromatic heterocycles. The molecule has 27 heavy (non-hydrogen) atoms. The van der Waals surface area contributed by atoms with Crippen molar-refractivity contribution in [3.05, 3.63) is 69.3 Å². The van der Waals surface area contributed by atoms with E-state index in [1.165, 1.54) is 49.4 Å². The SMILES string of the molecule is Cc1c(C(=O)Nc2ccc(C(=O)NCCC(=O)O)cc2)cccc1[N+](=O)[O-]. The van der Waals surface area contributed by atoms with Crippen LogP contribution in [0.25, 0.3) is 0 Å². The van der Waals surface area contributed by atoms with Gasteiger partial charge in [-0.15, -0.1) is 0 Å². The van der Waals surface area contributed by atoms with E-state index in [4.69, 9.17) is 5.11 Å². The van der Waals surface area contributed by atoms with Crippen LogP contribution in [0.1, 0.15) is 32.7 Å². The second-order valence-corrected chi connectivity index (χ2v) is 5.64. The fourth-order valence-corrected chi connectivity index (χ4v) is 2.36. The number of carboxylic acid groups (broad SMARTS) is 1. The lowest BCUT2D eigenvalue weighted by Crippen LogP contribution is -2.25. The van der Waals surface area contributed by atoms with Gasteiger partial charge in [0.2, 0.25) is 0 Å². The zero-order valence-corrected chi connectivity index (χ0v) is 14.4. The average molecular weight is 371 g/mol. The number of nitro benzene ring substituents is 1. The normalized spacial score (nSPS) is 10.1. The maximum absolute atomic E-state index is 12.4. The minimum Gasteiger partial charge on any atom is -0.481 e. The van der Waals surface area contributed by atoms with Crippen LogP contribution in [0.3, 0.4) is 0 Å². The van der Waals surface area contributed by atoms with Crippen LogP contribution in [0.5, 0.6) is 0 Å². The number of carboxylic acids is 1. The smallest absolute Gasteiger partial charge is 0.305 e. The van der Waals surface area contributed by atoms with Crippen LogP contribution in [-0.4, -0.2) is 34.4 Å². The lowest BCUT2D eigenvalue weighted by atomic mass is 10.1. The fraction of sp³-hybridized carbons (Fsp3) is 0.167. The Bertz CT molecular complexity index is 892. The molecule has 3 N–H and O–H groups in total. The van der Waals surface area contributed by atoms with E-state index >= 15 is 0 Å². The number of carbonyl (C=O) groups is 3. The average Bonchev–Trinajstić information content (AvgIpc) is 2.61. The number of hydrogen-bond acceptors (Lipinski definition) is 5. The molecule has 2 rings (SSSR count). The second kappa shape index (κ2) is 8.56.